The standard InChI is InChI=1S/C24H24FN3O3/c1-17-2-12-22(13-3-17)31-15-14-26-24(30)28-21-10-6-19(7-11-21)23(29)27-16-18-4-8-20(25)9-5-18/h2-13H,14-16H2,1H3,(H,27,29)(H2,26,28,30). The molecule has 3 amide bonds. The number of aryl methyl sites for hydroxylation is 1. The van der Waals surface area contributed by atoms with E-state index in [0.717, 1.165) is 16.9 Å². The SMILES string of the molecule is Cc1ccc(OCCNC(=O)Nc2ccc(C(=O)NCc3ccc(F)cc3)cc2)cc1. The molecular formula is C24H24FN3O3. The van der Waals surface area contributed by atoms with Crippen LogP contribution in [0, 0.1) is 12.7 Å². The van der Waals surface area contributed by atoms with Gasteiger partial charge in [0.05, 0.1) is 6.54 Å². The van der Waals surface area contributed by atoms with Crippen molar-refractivity contribution >= 4 is 17.6 Å². The number of benzene rings is 3. The molecule has 0 unspecified atom stereocenters. The number of ether oxygens (including phenoxy) is 1. The normalized spacial score (nSPS) is 10.3. The summed E-state index contributed by atoms with van der Waals surface area (Å²) in [5.41, 5.74) is 2.98. The van der Waals surface area contributed by atoms with Crippen LogP contribution < -0.4 is 20.7 Å². The fourth-order valence-corrected chi connectivity index (χ4v) is 2.73. The zero-order valence-corrected chi connectivity index (χ0v) is 17.2. The van der Waals surface area contributed by atoms with Gasteiger partial charge in [-0.25, -0.2) is 9.18 Å². The van der Waals surface area contributed by atoms with Crippen molar-refractivity contribution in [2.24, 2.45) is 0 Å². The Morgan fingerprint density at radius 1 is 0.871 bits per heavy atom. The van der Waals surface area contributed by atoms with Gasteiger partial charge in [-0.1, -0.05) is 29.8 Å². The Bertz CT molecular complexity index is 1000. The van der Waals surface area contributed by atoms with Crippen LogP contribution in [0.4, 0.5) is 14.9 Å². The van der Waals surface area contributed by atoms with Gasteiger partial charge < -0.3 is 20.7 Å². The van der Waals surface area contributed by atoms with E-state index in [1.165, 1.54) is 12.1 Å². The molecule has 0 bridgehead atoms. The number of amides is 3. The lowest BCUT2D eigenvalue weighted by Crippen LogP contribution is -2.32. The number of carbonyl (C=O) groups is 2. The van der Waals surface area contributed by atoms with Crippen LogP contribution in [-0.2, 0) is 6.54 Å². The van der Waals surface area contributed by atoms with E-state index in [2.05, 4.69) is 16.0 Å². The summed E-state index contributed by atoms with van der Waals surface area (Å²) in [5.74, 6) is 0.177. The van der Waals surface area contributed by atoms with Crippen LogP contribution >= 0.6 is 0 Å². The van der Waals surface area contributed by atoms with Crippen LogP contribution in [0.5, 0.6) is 5.75 Å². The van der Waals surface area contributed by atoms with Crippen LogP contribution in [0.1, 0.15) is 21.5 Å². The Hall–Kier alpha value is -3.87. The molecule has 7 heteroatoms. The predicted octanol–water partition coefficient (Wildman–Crippen LogP) is 4.26. The first-order valence-electron chi connectivity index (χ1n) is 9.86. The molecule has 0 aliphatic carbocycles. The molecule has 3 aromatic rings. The summed E-state index contributed by atoms with van der Waals surface area (Å²) in [6, 6.07) is 19.8. The maximum absolute atomic E-state index is 12.9. The van der Waals surface area contributed by atoms with Crippen molar-refractivity contribution in [3.63, 3.8) is 0 Å². The Balaban J connectivity index is 1.38. The highest BCUT2D eigenvalue weighted by Crippen LogP contribution is 2.11. The minimum Gasteiger partial charge on any atom is -0.492 e. The average Bonchev–Trinajstić information content (AvgIpc) is 2.78. The lowest BCUT2D eigenvalue weighted by molar-refractivity contribution is 0.0951. The minimum absolute atomic E-state index is 0.256. The topological polar surface area (TPSA) is 79.5 Å². The van der Waals surface area contributed by atoms with E-state index < -0.39 is 0 Å². The monoisotopic (exact) mass is 421 g/mol. The highest BCUT2D eigenvalue weighted by Gasteiger charge is 2.07. The molecule has 0 fully saturated rings. The number of hydrogen-bond donors (Lipinski definition) is 3. The van der Waals surface area contributed by atoms with E-state index in [1.54, 1.807) is 36.4 Å². The second-order valence-electron chi connectivity index (χ2n) is 6.93. The number of urea groups is 1. The molecule has 160 valence electrons. The van der Waals surface area contributed by atoms with Gasteiger partial charge in [0.15, 0.2) is 0 Å². The highest BCUT2D eigenvalue weighted by atomic mass is 19.1. The van der Waals surface area contributed by atoms with Crippen molar-refractivity contribution in [3.05, 3.63) is 95.3 Å². The second kappa shape index (κ2) is 10.8. The molecule has 0 atom stereocenters. The first-order valence-corrected chi connectivity index (χ1v) is 9.86. The summed E-state index contributed by atoms with van der Waals surface area (Å²) in [6.07, 6.45) is 0. The molecule has 0 heterocycles. The molecule has 3 N–H and O–H groups in total. The zero-order chi connectivity index (χ0) is 22.1. The van der Waals surface area contributed by atoms with E-state index in [-0.39, 0.29) is 17.8 Å². The van der Waals surface area contributed by atoms with E-state index in [9.17, 15) is 14.0 Å². The van der Waals surface area contributed by atoms with Gasteiger partial charge >= 0.3 is 6.03 Å². The van der Waals surface area contributed by atoms with Crippen LogP contribution in [0.25, 0.3) is 0 Å². The molecule has 0 saturated carbocycles. The van der Waals surface area contributed by atoms with Crippen molar-refractivity contribution in [2.75, 3.05) is 18.5 Å². The average molecular weight is 421 g/mol. The van der Waals surface area contributed by atoms with E-state index >= 15 is 0 Å². The number of halogens is 1. The maximum Gasteiger partial charge on any atom is 0.319 e. The summed E-state index contributed by atoms with van der Waals surface area (Å²) in [7, 11) is 0. The molecule has 0 aliphatic heterocycles. The van der Waals surface area contributed by atoms with Crippen molar-refractivity contribution in [3.8, 4) is 5.75 Å². The summed E-state index contributed by atoms with van der Waals surface area (Å²) < 4.78 is 18.5. The third kappa shape index (κ3) is 7.15. The second-order valence-corrected chi connectivity index (χ2v) is 6.93. The summed E-state index contributed by atoms with van der Waals surface area (Å²) in [5, 5.41) is 8.19. The highest BCUT2D eigenvalue weighted by molar-refractivity contribution is 5.95. The minimum atomic E-state index is -0.360. The number of carbonyl (C=O) groups excluding carboxylic acids is 2. The molecule has 0 aliphatic rings. The maximum atomic E-state index is 12.9. The molecule has 0 radical (unpaired) electrons. The molecule has 3 aromatic carbocycles. The third-order valence-corrected chi connectivity index (χ3v) is 4.45. The van der Waals surface area contributed by atoms with Crippen LogP contribution in [0.15, 0.2) is 72.8 Å². The molecule has 0 aromatic heterocycles. The van der Waals surface area contributed by atoms with Gasteiger partial charge in [0.2, 0.25) is 0 Å². The lowest BCUT2D eigenvalue weighted by atomic mass is 10.1. The quantitative estimate of drug-likeness (QED) is 0.476. The molecule has 0 saturated heterocycles. The van der Waals surface area contributed by atoms with Gasteiger partial charge in [-0.2, -0.15) is 0 Å². The first-order chi connectivity index (χ1) is 15.0. The summed E-state index contributed by atoms with van der Waals surface area (Å²) in [4.78, 5) is 24.2. The Kier molecular flexibility index (Phi) is 7.59. The van der Waals surface area contributed by atoms with Crippen molar-refractivity contribution in [1.82, 2.24) is 10.6 Å². The van der Waals surface area contributed by atoms with Crippen LogP contribution in [0.3, 0.4) is 0 Å². The Morgan fingerprint density at radius 2 is 1.55 bits per heavy atom. The molecule has 3 rings (SSSR count). The lowest BCUT2D eigenvalue weighted by Gasteiger charge is -2.10. The van der Waals surface area contributed by atoms with Crippen LogP contribution in [-0.4, -0.2) is 25.1 Å². The first kappa shape index (κ1) is 21.8. The van der Waals surface area contributed by atoms with Gasteiger partial charge in [-0.15, -0.1) is 0 Å². The van der Waals surface area contributed by atoms with Crippen molar-refractivity contribution in [1.29, 1.82) is 0 Å². The summed E-state index contributed by atoms with van der Waals surface area (Å²) >= 11 is 0. The van der Waals surface area contributed by atoms with Gasteiger partial charge in [0.25, 0.3) is 5.91 Å². The Labute approximate surface area is 180 Å². The zero-order valence-electron chi connectivity index (χ0n) is 17.2. The Morgan fingerprint density at radius 3 is 2.23 bits per heavy atom. The fraction of sp³-hybridized carbons (Fsp3) is 0.167. The number of nitrogens with one attached hydrogen (secondary N) is 3. The number of anilines is 1. The fourth-order valence-electron chi connectivity index (χ4n) is 2.73. The van der Waals surface area contributed by atoms with Crippen LogP contribution in [0.2, 0.25) is 0 Å². The van der Waals surface area contributed by atoms with Gasteiger partial charge in [-0.3, -0.25) is 4.79 Å². The van der Waals surface area contributed by atoms with Gasteiger partial charge in [-0.05, 0) is 61.0 Å². The molecule has 31 heavy (non-hydrogen) atoms. The molecule has 0 spiro atoms. The van der Waals surface area contributed by atoms with Gasteiger partial charge in [0, 0.05) is 17.8 Å². The summed E-state index contributed by atoms with van der Waals surface area (Å²) in [6.45, 7) is 3.00. The van der Waals surface area contributed by atoms with E-state index in [0.29, 0.717) is 30.9 Å². The number of hydrogen-bond acceptors (Lipinski definition) is 3. The van der Waals surface area contributed by atoms with Crippen molar-refractivity contribution < 1.29 is 18.7 Å². The van der Waals surface area contributed by atoms with E-state index in [4.69, 9.17) is 4.74 Å². The van der Waals surface area contributed by atoms with Gasteiger partial charge in [0.1, 0.15) is 18.2 Å². The molecule has 6 nitrogen and oxygen atoms in total. The van der Waals surface area contributed by atoms with E-state index in [1.807, 2.05) is 31.2 Å². The van der Waals surface area contributed by atoms with Crippen molar-refractivity contribution in [2.45, 2.75) is 13.5 Å². The number of rotatable bonds is 8. The largest absolute Gasteiger partial charge is 0.492 e. The predicted molar refractivity (Wildman–Crippen MR) is 118 cm³/mol. The third-order valence-electron chi connectivity index (χ3n) is 4.45. The molecular weight excluding hydrogens is 397 g/mol. The smallest absolute Gasteiger partial charge is 0.319 e.